The lowest BCUT2D eigenvalue weighted by molar-refractivity contribution is -0.384. The van der Waals surface area contributed by atoms with Gasteiger partial charge in [0.1, 0.15) is 11.9 Å². The smallest absolute Gasteiger partial charge is 0.270 e. The van der Waals surface area contributed by atoms with Crippen LogP contribution in [-0.2, 0) is 4.74 Å². The van der Waals surface area contributed by atoms with Gasteiger partial charge in [-0.15, -0.1) is 0 Å². The molecule has 2 aromatic rings. The van der Waals surface area contributed by atoms with Crippen LogP contribution in [0.15, 0.2) is 48.5 Å². The molecule has 0 aliphatic heterocycles. The summed E-state index contributed by atoms with van der Waals surface area (Å²) in [5.41, 5.74) is 0.900. The van der Waals surface area contributed by atoms with Gasteiger partial charge in [0.2, 0.25) is 0 Å². The van der Waals surface area contributed by atoms with E-state index in [0.717, 1.165) is 5.56 Å². The maximum absolute atomic E-state index is 12.2. The van der Waals surface area contributed by atoms with E-state index in [2.05, 4.69) is 5.32 Å². The quantitative estimate of drug-likeness (QED) is 0.622. The van der Waals surface area contributed by atoms with Crippen molar-refractivity contribution in [2.45, 2.75) is 6.10 Å². The van der Waals surface area contributed by atoms with E-state index < -0.39 is 16.9 Å². The van der Waals surface area contributed by atoms with Crippen LogP contribution in [0, 0.1) is 10.1 Å². The second kappa shape index (κ2) is 8.07. The fraction of sp³-hybridized carbons (Fsp3) is 0.235. The summed E-state index contributed by atoms with van der Waals surface area (Å²) >= 11 is 0. The Balaban J connectivity index is 2.09. The molecule has 0 fully saturated rings. The van der Waals surface area contributed by atoms with Crippen molar-refractivity contribution in [1.82, 2.24) is 5.32 Å². The van der Waals surface area contributed by atoms with Gasteiger partial charge in [-0.25, -0.2) is 0 Å². The summed E-state index contributed by atoms with van der Waals surface area (Å²) in [6.45, 7) is 0.207. The molecule has 0 saturated heterocycles. The molecule has 1 atom stereocenters. The summed E-state index contributed by atoms with van der Waals surface area (Å²) in [6, 6.07) is 12.9. The topological polar surface area (TPSA) is 90.7 Å². The molecule has 2 aromatic carbocycles. The number of nitrogens with one attached hydrogen (secondary N) is 1. The number of carbonyl (C=O) groups excluding carboxylic acids is 1. The Labute approximate surface area is 139 Å². The van der Waals surface area contributed by atoms with Crippen molar-refractivity contribution in [3.05, 3.63) is 69.8 Å². The maximum atomic E-state index is 12.2. The molecule has 0 spiro atoms. The van der Waals surface area contributed by atoms with E-state index in [0.29, 0.717) is 5.75 Å². The maximum Gasteiger partial charge on any atom is 0.270 e. The molecular formula is C17H18N2O5. The van der Waals surface area contributed by atoms with E-state index in [1.165, 1.54) is 31.4 Å². The third-order valence-electron chi connectivity index (χ3n) is 3.54. The van der Waals surface area contributed by atoms with E-state index >= 15 is 0 Å². The Kier molecular flexibility index (Phi) is 5.86. The molecule has 1 N–H and O–H groups in total. The summed E-state index contributed by atoms with van der Waals surface area (Å²) in [6.07, 6.45) is -0.399. The van der Waals surface area contributed by atoms with Crippen LogP contribution in [0.1, 0.15) is 22.0 Å². The number of nitro benzene ring substituents is 1. The first kappa shape index (κ1) is 17.4. The highest BCUT2D eigenvalue weighted by Gasteiger charge is 2.17. The fourth-order valence-electron chi connectivity index (χ4n) is 2.30. The predicted octanol–water partition coefficient (Wildman–Crippen LogP) is 2.72. The Morgan fingerprint density at radius 3 is 2.62 bits per heavy atom. The summed E-state index contributed by atoms with van der Waals surface area (Å²) in [5.74, 6) is 0.254. The zero-order valence-corrected chi connectivity index (χ0v) is 13.4. The number of non-ortho nitro benzene ring substituents is 1. The standard InChI is InChI=1S/C17H18N2O5/c1-23-15-9-4-3-8-14(15)16(24-2)11-18-17(20)12-6-5-7-13(10-12)19(21)22/h3-10,16H,11H2,1-2H3,(H,18,20). The summed E-state index contributed by atoms with van der Waals surface area (Å²) in [4.78, 5) is 22.5. The van der Waals surface area contributed by atoms with E-state index in [9.17, 15) is 14.9 Å². The third-order valence-corrected chi connectivity index (χ3v) is 3.54. The number of benzene rings is 2. The van der Waals surface area contributed by atoms with Crippen LogP contribution in [0.25, 0.3) is 0 Å². The van der Waals surface area contributed by atoms with E-state index in [4.69, 9.17) is 9.47 Å². The van der Waals surface area contributed by atoms with Gasteiger partial charge < -0.3 is 14.8 Å². The molecule has 0 bridgehead atoms. The molecule has 0 radical (unpaired) electrons. The normalized spacial score (nSPS) is 11.6. The predicted molar refractivity (Wildman–Crippen MR) is 88.2 cm³/mol. The average Bonchev–Trinajstić information content (AvgIpc) is 2.62. The minimum absolute atomic E-state index is 0.129. The number of hydrogen-bond donors (Lipinski definition) is 1. The van der Waals surface area contributed by atoms with E-state index in [1.54, 1.807) is 7.11 Å². The van der Waals surface area contributed by atoms with Crippen molar-refractivity contribution >= 4 is 11.6 Å². The van der Waals surface area contributed by atoms with Crippen LogP contribution < -0.4 is 10.1 Å². The molecule has 1 amide bonds. The molecule has 7 heteroatoms. The first-order valence-corrected chi connectivity index (χ1v) is 7.25. The fourth-order valence-corrected chi connectivity index (χ4v) is 2.30. The highest BCUT2D eigenvalue weighted by Crippen LogP contribution is 2.26. The number of methoxy groups -OCH3 is 2. The van der Waals surface area contributed by atoms with Crippen LogP contribution in [0.4, 0.5) is 5.69 Å². The number of para-hydroxylation sites is 1. The van der Waals surface area contributed by atoms with Crippen LogP contribution in [0.5, 0.6) is 5.75 Å². The minimum atomic E-state index is -0.538. The molecular weight excluding hydrogens is 312 g/mol. The van der Waals surface area contributed by atoms with Crippen molar-refractivity contribution in [3.8, 4) is 5.75 Å². The van der Waals surface area contributed by atoms with Crippen LogP contribution in [-0.4, -0.2) is 31.6 Å². The Morgan fingerprint density at radius 1 is 1.21 bits per heavy atom. The largest absolute Gasteiger partial charge is 0.496 e. The van der Waals surface area contributed by atoms with E-state index in [-0.39, 0.29) is 17.8 Å². The highest BCUT2D eigenvalue weighted by molar-refractivity contribution is 5.94. The van der Waals surface area contributed by atoms with Crippen molar-refractivity contribution in [3.63, 3.8) is 0 Å². The second-order valence-electron chi connectivity index (χ2n) is 4.98. The van der Waals surface area contributed by atoms with Gasteiger partial charge in [0.05, 0.1) is 12.0 Å². The van der Waals surface area contributed by atoms with Gasteiger partial charge >= 0.3 is 0 Å². The Hall–Kier alpha value is -2.93. The van der Waals surface area contributed by atoms with Crippen molar-refractivity contribution in [2.24, 2.45) is 0 Å². The van der Waals surface area contributed by atoms with Crippen LogP contribution >= 0.6 is 0 Å². The highest BCUT2D eigenvalue weighted by atomic mass is 16.6. The van der Waals surface area contributed by atoms with Gasteiger partial charge in [0.15, 0.2) is 0 Å². The number of carbonyl (C=O) groups is 1. The lowest BCUT2D eigenvalue weighted by Gasteiger charge is -2.19. The van der Waals surface area contributed by atoms with Gasteiger partial charge in [-0.1, -0.05) is 24.3 Å². The van der Waals surface area contributed by atoms with Crippen molar-refractivity contribution < 1.29 is 19.2 Å². The van der Waals surface area contributed by atoms with Crippen molar-refractivity contribution in [2.75, 3.05) is 20.8 Å². The summed E-state index contributed by atoms with van der Waals surface area (Å²) in [7, 11) is 3.10. The average molecular weight is 330 g/mol. The number of amides is 1. The second-order valence-corrected chi connectivity index (χ2v) is 4.98. The van der Waals surface area contributed by atoms with Gasteiger partial charge in [0, 0.05) is 36.9 Å². The van der Waals surface area contributed by atoms with Crippen molar-refractivity contribution in [1.29, 1.82) is 0 Å². The lowest BCUT2D eigenvalue weighted by Crippen LogP contribution is -2.29. The van der Waals surface area contributed by atoms with Gasteiger partial charge in [-0.2, -0.15) is 0 Å². The van der Waals surface area contributed by atoms with Gasteiger partial charge in [-0.3, -0.25) is 14.9 Å². The molecule has 2 rings (SSSR count). The van der Waals surface area contributed by atoms with Crippen LogP contribution in [0.2, 0.25) is 0 Å². The molecule has 0 aromatic heterocycles. The molecule has 0 saturated carbocycles. The number of rotatable bonds is 7. The van der Waals surface area contributed by atoms with E-state index in [1.807, 2.05) is 24.3 Å². The zero-order valence-electron chi connectivity index (χ0n) is 13.4. The minimum Gasteiger partial charge on any atom is -0.496 e. The van der Waals surface area contributed by atoms with Gasteiger partial charge in [-0.05, 0) is 12.1 Å². The molecule has 126 valence electrons. The molecule has 0 aliphatic carbocycles. The molecule has 7 nitrogen and oxygen atoms in total. The summed E-state index contributed by atoms with van der Waals surface area (Å²) in [5, 5.41) is 13.5. The van der Waals surface area contributed by atoms with Crippen LogP contribution in [0.3, 0.4) is 0 Å². The van der Waals surface area contributed by atoms with Gasteiger partial charge in [0.25, 0.3) is 11.6 Å². The summed E-state index contributed by atoms with van der Waals surface area (Å²) < 4.78 is 10.7. The Bertz CT molecular complexity index is 732. The zero-order chi connectivity index (χ0) is 17.5. The first-order valence-electron chi connectivity index (χ1n) is 7.25. The number of nitro groups is 1. The molecule has 0 heterocycles. The Morgan fingerprint density at radius 2 is 1.96 bits per heavy atom. The number of nitrogens with zero attached hydrogens (tertiary/aromatic N) is 1. The monoisotopic (exact) mass is 330 g/mol. The number of ether oxygens (including phenoxy) is 2. The lowest BCUT2D eigenvalue weighted by atomic mass is 10.1. The number of hydrogen-bond acceptors (Lipinski definition) is 5. The first-order chi connectivity index (χ1) is 11.6. The molecule has 24 heavy (non-hydrogen) atoms. The third kappa shape index (κ3) is 4.08. The molecule has 0 aliphatic rings. The molecule has 1 unspecified atom stereocenters. The SMILES string of the molecule is COc1ccccc1C(CNC(=O)c1cccc([N+](=O)[O-])c1)OC.